The summed E-state index contributed by atoms with van der Waals surface area (Å²) in [6.07, 6.45) is 1.55. The molecule has 0 atom stereocenters. The Morgan fingerprint density at radius 1 is 1.53 bits per heavy atom. The Kier molecular flexibility index (Phi) is 5.18. The number of halogens is 1. The molecule has 1 N–H and O–H groups in total. The van der Waals surface area contributed by atoms with Gasteiger partial charge in [-0.1, -0.05) is 11.6 Å². The van der Waals surface area contributed by atoms with Crippen molar-refractivity contribution in [3.8, 4) is 0 Å². The van der Waals surface area contributed by atoms with E-state index in [-0.39, 0.29) is 12.5 Å². The minimum atomic E-state index is -0.0453. The number of carbonyl (C=O) groups is 1. The van der Waals surface area contributed by atoms with E-state index in [2.05, 4.69) is 15.3 Å². The van der Waals surface area contributed by atoms with Gasteiger partial charge in [0.15, 0.2) is 0 Å². The molecule has 1 aromatic heterocycles. The molecule has 19 heavy (non-hydrogen) atoms. The monoisotopic (exact) mass is 286 g/mol. The molecular weight excluding hydrogens is 268 g/mol. The Balaban J connectivity index is 1.68. The summed E-state index contributed by atoms with van der Waals surface area (Å²) in [5, 5.41) is 7.52. The van der Waals surface area contributed by atoms with Gasteiger partial charge in [0, 0.05) is 26.2 Å². The Morgan fingerprint density at radius 3 is 2.89 bits per heavy atom. The molecule has 0 aromatic carbocycles. The van der Waals surface area contributed by atoms with Crippen molar-refractivity contribution in [3.05, 3.63) is 16.9 Å². The van der Waals surface area contributed by atoms with Crippen molar-refractivity contribution >= 4 is 17.5 Å². The average Bonchev–Trinajstić information content (AvgIpc) is 2.72. The first-order valence-electron chi connectivity index (χ1n) is 6.41. The first-order valence-corrected chi connectivity index (χ1v) is 6.79. The van der Waals surface area contributed by atoms with Crippen LogP contribution in [-0.4, -0.2) is 60.0 Å². The van der Waals surface area contributed by atoms with Gasteiger partial charge in [-0.25, -0.2) is 0 Å². The van der Waals surface area contributed by atoms with Crippen LogP contribution in [-0.2, 0) is 16.1 Å². The second-order valence-corrected chi connectivity index (χ2v) is 4.95. The zero-order chi connectivity index (χ0) is 13.7. The maximum Gasteiger partial charge on any atom is 0.241 e. The number of carbonyl (C=O) groups excluding carboxylic acids is 1. The van der Waals surface area contributed by atoms with Crippen LogP contribution in [0.2, 0.25) is 5.02 Å². The number of hydrogen-bond acceptors (Lipinski definition) is 4. The van der Waals surface area contributed by atoms with Crippen LogP contribution >= 0.6 is 11.6 Å². The quantitative estimate of drug-likeness (QED) is 0.845. The SMILES string of the molecule is Cc1c(Cl)cnn1CC(=O)NCCN1CCOCC1. The van der Waals surface area contributed by atoms with E-state index in [1.807, 2.05) is 6.92 Å². The highest BCUT2D eigenvalue weighted by Crippen LogP contribution is 2.12. The van der Waals surface area contributed by atoms with E-state index in [0.29, 0.717) is 11.6 Å². The van der Waals surface area contributed by atoms with E-state index in [1.54, 1.807) is 10.9 Å². The van der Waals surface area contributed by atoms with E-state index in [0.717, 1.165) is 38.5 Å². The van der Waals surface area contributed by atoms with Crippen molar-refractivity contribution in [3.63, 3.8) is 0 Å². The molecule has 0 bridgehead atoms. The molecule has 1 aromatic rings. The smallest absolute Gasteiger partial charge is 0.241 e. The molecule has 1 aliphatic heterocycles. The van der Waals surface area contributed by atoms with Crippen LogP contribution in [0.4, 0.5) is 0 Å². The van der Waals surface area contributed by atoms with Gasteiger partial charge in [-0.3, -0.25) is 14.4 Å². The van der Waals surface area contributed by atoms with Crippen LogP contribution < -0.4 is 5.32 Å². The second-order valence-electron chi connectivity index (χ2n) is 4.54. The van der Waals surface area contributed by atoms with Crippen LogP contribution in [0.5, 0.6) is 0 Å². The summed E-state index contributed by atoms with van der Waals surface area (Å²) in [7, 11) is 0. The summed E-state index contributed by atoms with van der Waals surface area (Å²) >= 11 is 5.89. The van der Waals surface area contributed by atoms with E-state index in [4.69, 9.17) is 16.3 Å². The summed E-state index contributed by atoms with van der Waals surface area (Å²) in [6.45, 7) is 6.98. The van der Waals surface area contributed by atoms with Crippen molar-refractivity contribution in [2.45, 2.75) is 13.5 Å². The maximum absolute atomic E-state index is 11.8. The first kappa shape index (κ1) is 14.3. The summed E-state index contributed by atoms with van der Waals surface area (Å²) < 4.78 is 6.87. The summed E-state index contributed by atoms with van der Waals surface area (Å²) in [5.74, 6) is -0.0453. The van der Waals surface area contributed by atoms with Gasteiger partial charge in [0.1, 0.15) is 6.54 Å². The number of rotatable bonds is 5. The summed E-state index contributed by atoms with van der Waals surface area (Å²) in [5.41, 5.74) is 0.810. The van der Waals surface area contributed by atoms with Gasteiger partial charge in [-0.15, -0.1) is 0 Å². The van der Waals surface area contributed by atoms with Crippen molar-refractivity contribution in [2.75, 3.05) is 39.4 Å². The normalized spacial score (nSPS) is 16.5. The zero-order valence-electron chi connectivity index (χ0n) is 11.1. The zero-order valence-corrected chi connectivity index (χ0v) is 11.8. The van der Waals surface area contributed by atoms with E-state index in [9.17, 15) is 4.79 Å². The predicted octanol–water partition coefficient (Wildman–Crippen LogP) is 0.293. The number of ether oxygens (including phenoxy) is 1. The number of aromatic nitrogens is 2. The van der Waals surface area contributed by atoms with Crippen LogP contribution in [0, 0.1) is 6.92 Å². The van der Waals surface area contributed by atoms with Gasteiger partial charge in [0.2, 0.25) is 5.91 Å². The fourth-order valence-corrected chi connectivity index (χ4v) is 2.09. The Labute approximate surface area is 117 Å². The van der Waals surface area contributed by atoms with Crippen LogP contribution in [0.3, 0.4) is 0 Å². The summed E-state index contributed by atoms with van der Waals surface area (Å²) in [4.78, 5) is 14.0. The highest BCUT2D eigenvalue weighted by Gasteiger charge is 2.11. The number of nitrogens with one attached hydrogen (secondary N) is 1. The largest absolute Gasteiger partial charge is 0.379 e. The van der Waals surface area contributed by atoms with Gasteiger partial charge in [0.25, 0.3) is 0 Å². The van der Waals surface area contributed by atoms with Crippen molar-refractivity contribution in [2.24, 2.45) is 0 Å². The molecule has 2 rings (SSSR count). The van der Waals surface area contributed by atoms with Crippen LogP contribution in [0.1, 0.15) is 5.69 Å². The summed E-state index contributed by atoms with van der Waals surface area (Å²) in [6, 6.07) is 0. The van der Waals surface area contributed by atoms with Crippen molar-refractivity contribution in [1.29, 1.82) is 0 Å². The Bertz CT molecular complexity index is 429. The van der Waals surface area contributed by atoms with Crippen LogP contribution in [0.25, 0.3) is 0 Å². The molecule has 2 heterocycles. The lowest BCUT2D eigenvalue weighted by molar-refractivity contribution is -0.121. The molecule has 0 aliphatic carbocycles. The standard InChI is InChI=1S/C12H19ClN4O2/c1-10-11(13)8-15-17(10)9-12(18)14-2-3-16-4-6-19-7-5-16/h8H,2-7,9H2,1H3,(H,14,18). The lowest BCUT2D eigenvalue weighted by atomic mass is 10.4. The van der Waals surface area contributed by atoms with Gasteiger partial charge >= 0.3 is 0 Å². The number of morpholine rings is 1. The molecule has 1 saturated heterocycles. The molecule has 0 unspecified atom stereocenters. The molecule has 1 aliphatic rings. The minimum Gasteiger partial charge on any atom is -0.379 e. The second kappa shape index (κ2) is 6.88. The van der Waals surface area contributed by atoms with Gasteiger partial charge in [-0.05, 0) is 6.92 Å². The highest BCUT2D eigenvalue weighted by atomic mass is 35.5. The average molecular weight is 287 g/mol. The number of nitrogens with zero attached hydrogens (tertiary/aromatic N) is 3. The molecular formula is C12H19ClN4O2. The van der Waals surface area contributed by atoms with Crippen molar-refractivity contribution < 1.29 is 9.53 Å². The Morgan fingerprint density at radius 2 is 2.26 bits per heavy atom. The lowest BCUT2D eigenvalue weighted by Crippen LogP contribution is -2.41. The molecule has 0 saturated carbocycles. The van der Waals surface area contributed by atoms with Gasteiger partial charge in [-0.2, -0.15) is 5.10 Å². The fraction of sp³-hybridized carbons (Fsp3) is 0.667. The molecule has 0 spiro atoms. The van der Waals surface area contributed by atoms with Gasteiger partial charge in [0.05, 0.1) is 30.1 Å². The molecule has 7 heteroatoms. The Hall–Kier alpha value is -1.11. The minimum absolute atomic E-state index is 0.0453. The fourth-order valence-electron chi connectivity index (χ4n) is 1.95. The topological polar surface area (TPSA) is 59.4 Å². The maximum atomic E-state index is 11.8. The molecule has 106 valence electrons. The highest BCUT2D eigenvalue weighted by molar-refractivity contribution is 6.31. The number of amides is 1. The third-order valence-corrected chi connectivity index (χ3v) is 3.56. The predicted molar refractivity (Wildman–Crippen MR) is 72.2 cm³/mol. The van der Waals surface area contributed by atoms with E-state index in [1.165, 1.54) is 0 Å². The third-order valence-electron chi connectivity index (χ3n) is 3.19. The van der Waals surface area contributed by atoms with Crippen molar-refractivity contribution in [1.82, 2.24) is 20.0 Å². The molecule has 1 fully saturated rings. The van der Waals surface area contributed by atoms with Gasteiger partial charge < -0.3 is 10.1 Å². The molecule has 6 nitrogen and oxygen atoms in total. The molecule has 1 amide bonds. The number of hydrogen-bond donors (Lipinski definition) is 1. The first-order chi connectivity index (χ1) is 9.16. The van der Waals surface area contributed by atoms with E-state index < -0.39 is 0 Å². The lowest BCUT2D eigenvalue weighted by Gasteiger charge is -2.26. The molecule has 0 radical (unpaired) electrons. The van der Waals surface area contributed by atoms with E-state index >= 15 is 0 Å². The van der Waals surface area contributed by atoms with Crippen LogP contribution in [0.15, 0.2) is 6.20 Å². The third kappa shape index (κ3) is 4.19.